The minimum Gasteiger partial charge on any atom is -0.481 e. The number of aromatic nitrogens is 4. The number of carbonyl (C=O) groups is 2. The van der Waals surface area contributed by atoms with Crippen LogP contribution in [0.4, 0.5) is 17.6 Å². The van der Waals surface area contributed by atoms with Gasteiger partial charge in [-0.25, -0.2) is 19.9 Å². The summed E-state index contributed by atoms with van der Waals surface area (Å²) in [7, 11) is 0. The molecule has 0 saturated carbocycles. The Kier molecular flexibility index (Phi) is 21.1. The largest absolute Gasteiger partial charge is 0.481 e. The van der Waals surface area contributed by atoms with Crippen LogP contribution >= 0.6 is 15.9 Å². The van der Waals surface area contributed by atoms with Gasteiger partial charge in [0, 0.05) is 133 Å². The van der Waals surface area contributed by atoms with E-state index in [1.807, 2.05) is 24.3 Å². The molecule has 0 bridgehead atoms. The second kappa shape index (κ2) is 24.2. The van der Waals surface area contributed by atoms with Crippen LogP contribution in [-0.2, 0) is 30.0 Å². The first-order valence-corrected chi connectivity index (χ1v) is 15.6. The van der Waals surface area contributed by atoms with Crippen LogP contribution in [0.3, 0.4) is 0 Å². The molecule has 2 aliphatic heterocycles. The summed E-state index contributed by atoms with van der Waals surface area (Å²) in [5, 5.41) is 24.6. The molecule has 0 aliphatic carbocycles. The topological polar surface area (TPSA) is 218 Å². The monoisotopic (exact) mass is 816 g/mol. The molecule has 2 aliphatic rings. The van der Waals surface area contributed by atoms with Crippen LogP contribution in [0.5, 0.6) is 0 Å². The molecular weight excluding hydrogens is 775 g/mol. The molecule has 6 rings (SSSR count). The van der Waals surface area contributed by atoms with Crippen LogP contribution in [-0.4, -0.2) is 94.4 Å². The number of nitrogens with two attached hydrogens (primary N) is 2. The quantitative estimate of drug-likeness (QED) is 0.148. The Hall–Kier alpha value is -4.04. The van der Waals surface area contributed by atoms with Gasteiger partial charge in [-0.1, -0.05) is 40.2 Å². The molecule has 262 valence electrons. The van der Waals surface area contributed by atoms with Crippen molar-refractivity contribution >= 4 is 45.5 Å². The van der Waals surface area contributed by atoms with Crippen molar-refractivity contribution in [2.45, 2.75) is 13.8 Å². The van der Waals surface area contributed by atoms with Crippen molar-refractivity contribution < 1.29 is 40.2 Å². The molecule has 16 heteroatoms. The van der Waals surface area contributed by atoms with Gasteiger partial charge >= 0.3 is 0 Å². The van der Waals surface area contributed by atoms with Gasteiger partial charge in [-0.3, -0.25) is 9.59 Å². The molecule has 0 spiro atoms. The zero-order valence-electron chi connectivity index (χ0n) is 26.9. The maximum absolute atomic E-state index is 9.00. The number of hydrogen-bond acceptors (Lipinski definition) is 12. The molecule has 2 aromatic carbocycles. The number of aliphatic carboxylic acids is 2. The van der Waals surface area contributed by atoms with E-state index < -0.39 is 11.9 Å². The molecule has 48 heavy (non-hydrogen) atoms. The molecule has 0 radical (unpaired) electrons. The Labute approximate surface area is 303 Å². The van der Waals surface area contributed by atoms with Crippen LogP contribution in [0.1, 0.15) is 13.8 Å². The average molecular weight is 818 g/mol. The number of nitrogens with one attached hydrogen (secondary N) is 3. The molecule has 2 aromatic heterocycles. The van der Waals surface area contributed by atoms with Crippen LogP contribution in [0, 0.1) is 0 Å². The molecule has 4 aromatic rings. The first-order chi connectivity index (χ1) is 22.5. The van der Waals surface area contributed by atoms with Gasteiger partial charge in [-0.2, -0.15) is 0 Å². The number of benzene rings is 2. The van der Waals surface area contributed by atoms with E-state index in [9.17, 15) is 0 Å². The third-order valence-corrected chi connectivity index (χ3v) is 6.69. The maximum Gasteiger partial charge on any atom is 0.300 e. The molecular formula is C32H43BrN10O4Pd. The van der Waals surface area contributed by atoms with Gasteiger partial charge in [0.1, 0.15) is 0 Å². The first kappa shape index (κ1) is 42.0. The van der Waals surface area contributed by atoms with Crippen LogP contribution in [0.2, 0.25) is 0 Å². The van der Waals surface area contributed by atoms with Gasteiger partial charge in [0.2, 0.25) is 11.9 Å². The summed E-state index contributed by atoms with van der Waals surface area (Å²) in [6.07, 6.45) is 6.93. The molecule has 2 saturated heterocycles. The standard InChI is InChI=1S/C14H17N5.C10H8BrN3.C4H10N2.2C2H4O2.Pd/c15-14-17-9-12(10-18-14)11-1-3-13(4-2-11)19-7-5-16-6-8-19;11-9-3-1-7(2-4-9)8-5-13-10(12)14-6-8;1-2-6-4-3-5-1;2*1-2(3)4;/h1-4,9-10,16H,5-8H2,(H2,15,17,18);1-6H,(H2,12,13,14);5-6H,1-4H2;2*1H3,(H,3,4);. The van der Waals surface area contributed by atoms with Crippen molar-refractivity contribution in [1.29, 1.82) is 0 Å². The average Bonchev–Trinajstić information content (AvgIpc) is 3.07. The van der Waals surface area contributed by atoms with Gasteiger partial charge in [-0.05, 0) is 35.4 Å². The number of piperazine rings is 2. The number of anilines is 3. The van der Waals surface area contributed by atoms with Crippen LogP contribution in [0.25, 0.3) is 22.3 Å². The van der Waals surface area contributed by atoms with Gasteiger partial charge in [0.05, 0.1) is 0 Å². The van der Waals surface area contributed by atoms with Gasteiger partial charge in [0.15, 0.2) is 0 Å². The smallest absolute Gasteiger partial charge is 0.300 e. The number of hydrogen-bond donors (Lipinski definition) is 7. The van der Waals surface area contributed by atoms with Crippen LogP contribution in [0.15, 0.2) is 77.8 Å². The molecule has 0 unspecified atom stereocenters. The fourth-order valence-electron chi connectivity index (χ4n) is 4.01. The molecule has 9 N–H and O–H groups in total. The number of rotatable bonds is 3. The summed E-state index contributed by atoms with van der Waals surface area (Å²) < 4.78 is 1.05. The molecule has 4 heterocycles. The fourth-order valence-corrected chi connectivity index (χ4v) is 4.27. The minimum absolute atomic E-state index is 0. The van der Waals surface area contributed by atoms with Gasteiger partial charge in [-0.15, -0.1) is 0 Å². The van der Waals surface area contributed by atoms with Crippen molar-refractivity contribution in [2.75, 3.05) is 68.7 Å². The van der Waals surface area contributed by atoms with Gasteiger partial charge in [0.25, 0.3) is 11.9 Å². The number of nitrogen functional groups attached to an aromatic ring is 2. The van der Waals surface area contributed by atoms with E-state index in [2.05, 4.69) is 81.0 Å². The fraction of sp³-hybridized carbons (Fsp3) is 0.312. The van der Waals surface area contributed by atoms with E-state index >= 15 is 0 Å². The third kappa shape index (κ3) is 18.3. The van der Waals surface area contributed by atoms with Crippen molar-refractivity contribution in [3.8, 4) is 22.3 Å². The Morgan fingerprint density at radius 2 is 0.938 bits per heavy atom. The second-order valence-corrected chi connectivity index (χ2v) is 10.9. The van der Waals surface area contributed by atoms with E-state index in [1.54, 1.807) is 24.8 Å². The van der Waals surface area contributed by atoms with Crippen molar-refractivity contribution in [2.24, 2.45) is 0 Å². The number of halogens is 1. The van der Waals surface area contributed by atoms with E-state index in [1.165, 1.54) is 5.69 Å². The predicted molar refractivity (Wildman–Crippen MR) is 189 cm³/mol. The number of nitrogens with zero attached hydrogens (tertiary/aromatic N) is 5. The number of carboxylic acids is 2. The zero-order valence-corrected chi connectivity index (χ0v) is 30.0. The third-order valence-electron chi connectivity index (χ3n) is 6.16. The van der Waals surface area contributed by atoms with E-state index in [4.69, 9.17) is 31.3 Å². The van der Waals surface area contributed by atoms with Crippen molar-refractivity contribution in [1.82, 2.24) is 35.9 Å². The summed E-state index contributed by atoms with van der Waals surface area (Å²) in [6, 6.07) is 16.5. The summed E-state index contributed by atoms with van der Waals surface area (Å²) in [6.45, 7) is 10.9. The normalized spacial score (nSPS) is 13.1. The zero-order chi connectivity index (χ0) is 34.4. The molecule has 2 fully saturated rings. The van der Waals surface area contributed by atoms with E-state index in [0.29, 0.717) is 11.9 Å². The predicted octanol–water partition coefficient (Wildman–Crippen LogP) is 2.98. The minimum atomic E-state index is -0.833. The Bertz CT molecular complexity index is 1380. The Morgan fingerprint density at radius 1 is 0.625 bits per heavy atom. The molecule has 14 nitrogen and oxygen atoms in total. The summed E-state index contributed by atoms with van der Waals surface area (Å²) in [4.78, 5) is 36.3. The summed E-state index contributed by atoms with van der Waals surface area (Å²) in [5.74, 6) is -1.06. The van der Waals surface area contributed by atoms with E-state index in [-0.39, 0.29) is 20.4 Å². The maximum atomic E-state index is 9.00. The SMILES string of the molecule is C1CNCCN1.CC(=O)O.CC(=O)O.Nc1ncc(-c2ccc(Br)cc2)cn1.Nc1ncc(-c2ccc(N3CCNCC3)cc2)cn1.[Pd]. The Morgan fingerprint density at radius 3 is 1.27 bits per heavy atom. The Balaban J connectivity index is 0.000000347. The summed E-state index contributed by atoms with van der Waals surface area (Å²) in [5.41, 5.74) is 16.3. The first-order valence-electron chi connectivity index (χ1n) is 14.8. The van der Waals surface area contributed by atoms with Crippen molar-refractivity contribution in [3.63, 3.8) is 0 Å². The second-order valence-electron chi connectivity index (χ2n) is 9.99. The van der Waals surface area contributed by atoms with Gasteiger partial charge < -0.3 is 42.5 Å². The van der Waals surface area contributed by atoms with Crippen LogP contribution < -0.4 is 32.3 Å². The van der Waals surface area contributed by atoms with E-state index in [0.717, 1.165) is 92.9 Å². The van der Waals surface area contributed by atoms with Crippen molar-refractivity contribution in [3.05, 3.63) is 77.8 Å². The number of carboxylic acid groups (broad SMARTS) is 2. The molecule has 0 atom stereocenters. The molecule has 0 amide bonds. The summed E-state index contributed by atoms with van der Waals surface area (Å²) >= 11 is 3.38.